The van der Waals surface area contributed by atoms with Gasteiger partial charge >= 0.3 is 0 Å². The lowest BCUT2D eigenvalue weighted by atomic mass is 10.1. The Morgan fingerprint density at radius 2 is 1.79 bits per heavy atom. The fourth-order valence-corrected chi connectivity index (χ4v) is 3.61. The zero-order valence-electron chi connectivity index (χ0n) is 15.3. The molecule has 146 valence electrons. The third-order valence-corrected chi connectivity index (χ3v) is 5.10. The van der Waals surface area contributed by atoms with Crippen LogP contribution in [0, 0.1) is 0 Å². The lowest BCUT2D eigenvalue weighted by Gasteiger charge is -2.35. The summed E-state index contributed by atoms with van der Waals surface area (Å²) in [6.07, 6.45) is 1.95. The van der Waals surface area contributed by atoms with Gasteiger partial charge in [-0.2, -0.15) is 0 Å². The SMILES string of the molecule is O=C(Cc1ccccn1)N1CCN(C(=O)c2cc(Cl)c3c(c2)OCCO3)CC1. The van der Waals surface area contributed by atoms with Gasteiger partial charge in [-0.1, -0.05) is 17.7 Å². The van der Waals surface area contributed by atoms with Crippen LogP contribution in [0.1, 0.15) is 16.1 Å². The average Bonchev–Trinajstić information content (AvgIpc) is 2.74. The molecule has 0 unspecified atom stereocenters. The molecule has 0 radical (unpaired) electrons. The van der Waals surface area contributed by atoms with Crippen molar-refractivity contribution in [3.63, 3.8) is 0 Å². The number of fused-ring (bicyclic) bond motifs is 1. The summed E-state index contributed by atoms with van der Waals surface area (Å²) in [4.78, 5) is 33.0. The number of hydrogen-bond acceptors (Lipinski definition) is 5. The average molecular weight is 402 g/mol. The van der Waals surface area contributed by atoms with E-state index in [1.165, 1.54) is 0 Å². The third kappa shape index (κ3) is 3.89. The van der Waals surface area contributed by atoms with Crippen molar-refractivity contribution in [2.45, 2.75) is 6.42 Å². The van der Waals surface area contributed by atoms with Crippen LogP contribution < -0.4 is 9.47 Å². The minimum Gasteiger partial charge on any atom is -0.486 e. The summed E-state index contributed by atoms with van der Waals surface area (Å²) in [7, 11) is 0. The highest BCUT2D eigenvalue weighted by Crippen LogP contribution is 2.38. The first-order valence-corrected chi connectivity index (χ1v) is 9.56. The molecule has 0 atom stereocenters. The monoisotopic (exact) mass is 401 g/mol. The molecule has 8 heteroatoms. The van der Waals surface area contributed by atoms with Crippen LogP contribution in [0.3, 0.4) is 0 Å². The van der Waals surface area contributed by atoms with Crippen molar-refractivity contribution in [3.05, 3.63) is 52.8 Å². The highest BCUT2D eigenvalue weighted by Gasteiger charge is 2.27. The van der Waals surface area contributed by atoms with Crippen molar-refractivity contribution in [2.75, 3.05) is 39.4 Å². The number of nitrogens with zero attached hydrogens (tertiary/aromatic N) is 3. The van der Waals surface area contributed by atoms with E-state index < -0.39 is 0 Å². The summed E-state index contributed by atoms with van der Waals surface area (Å²) in [5.74, 6) is 0.865. The quantitative estimate of drug-likeness (QED) is 0.787. The van der Waals surface area contributed by atoms with E-state index in [9.17, 15) is 9.59 Å². The second kappa shape index (κ2) is 8.06. The normalized spacial score (nSPS) is 16.0. The van der Waals surface area contributed by atoms with Crippen LogP contribution in [0.15, 0.2) is 36.5 Å². The maximum absolute atomic E-state index is 12.9. The Labute approximate surface area is 167 Å². The van der Waals surface area contributed by atoms with Crippen LogP contribution in [0.5, 0.6) is 11.5 Å². The first kappa shape index (κ1) is 18.6. The van der Waals surface area contributed by atoms with Crippen molar-refractivity contribution in [1.29, 1.82) is 0 Å². The minimum atomic E-state index is -0.129. The second-order valence-corrected chi connectivity index (χ2v) is 7.06. The Morgan fingerprint density at radius 1 is 1.04 bits per heavy atom. The zero-order chi connectivity index (χ0) is 19.5. The van der Waals surface area contributed by atoms with Gasteiger partial charge in [0.1, 0.15) is 13.2 Å². The van der Waals surface area contributed by atoms with Crippen LogP contribution in [-0.4, -0.2) is 66.0 Å². The van der Waals surface area contributed by atoms with Gasteiger partial charge in [0.05, 0.1) is 11.4 Å². The molecule has 1 fully saturated rings. The first-order chi connectivity index (χ1) is 13.6. The lowest BCUT2D eigenvalue weighted by molar-refractivity contribution is -0.132. The minimum absolute atomic E-state index is 0.0215. The molecule has 0 saturated carbocycles. The van der Waals surface area contributed by atoms with Crippen molar-refractivity contribution in [2.24, 2.45) is 0 Å². The maximum atomic E-state index is 12.9. The molecule has 2 aliphatic rings. The highest BCUT2D eigenvalue weighted by atomic mass is 35.5. The lowest BCUT2D eigenvalue weighted by Crippen LogP contribution is -2.51. The smallest absolute Gasteiger partial charge is 0.254 e. The molecule has 0 bridgehead atoms. The Hall–Kier alpha value is -2.80. The number of aromatic nitrogens is 1. The van der Waals surface area contributed by atoms with E-state index in [4.69, 9.17) is 21.1 Å². The molecule has 2 aromatic rings. The fourth-order valence-electron chi connectivity index (χ4n) is 3.35. The molecule has 0 N–H and O–H groups in total. The molecule has 2 aliphatic heterocycles. The summed E-state index contributed by atoms with van der Waals surface area (Å²) in [6, 6.07) is 8.80. The molecule has 4 rings (SSSR count). The molecule has 7 nitrogen and oxygen atoms in total. The number of benzene rings is 1. The van der Waals surface area contributed by atoms with Gasteiger partial charge in [-0.25, -0.2) is 0 Å². The number of pyridine rings is 1. The molecule has 3 heterocycles. The summed E-state index contributed by atoms with van der Waals surface area (Å²) in [6.45, 7) is 2.80. The molecular weight excluding hydrogens is 382 g/mol. The summed E-state index contributed by atoms with van der Waals surface area (Å²) >= 11 is 6.24. The molecule has 0 spiro atoms. The topological polar surface area (TPSA) is 72.0 Å². The number of hydrogen-bond donors (Lipinski definition) is 0. The molecule has 1 aromatic carbocycles. The van der Waals surface area contributed by atoms with Crippen LogP contribution in [0.2, 0.25) is 5.02 Å². The standard InChI is InChI=1S/C20H20ClN3O4/c21-16-11-14(12-17-19(16)28-10-9-27-17)20(26)24-7-5-23(6-8-24)18(25)13-15-3-1-2-4-22-15/h1-4,11-12H,5-10,13H2. The Morgan fingerprint density at radius 3 is 2.54 bits per heavy atom. The van der Waals surface area contributed by atoms with Gasteiger partial charge in [-0.3, -0.25) is 14.6 Å². The van der Waals surface area contributed by atoms with Crippen molar-refractivity contribution in [3.8, 4) is 11.5 Å². The number of carbonyl (C=O) groups is 2. The first-order valence-electron chi connectivity index (χ1n) is 9.18. The van der Waals surface area contributed by atoms with Crippen molar-refractivity contribution < 1.29 is 19.1 Å². The van der Waals surface area contributed by atoms with Gasteiger partial charge in [-0.05, 0) is 24.3 Å². The number of rotatable bonds is 3. The maximum Gasteiger partial charge on any atom is 0.254 e. The van der Waals surface area contributed by atoms with E-state index in [-0.39, 0.29) is 18.2 Å². The summed E-state index contributed by atoms with van der Waals surface area (Å²) in [5.41, 5.74) is 1.21. The van der Waals surface area contributed by atoms with Gasteiger partial charge in [0.2, 0.25) is 5.91 Å². The molecule has 2 amide bonds. The fraction of sp³-hybridized carbons (Fsp3) is 0.350. The van der Waals surface area contributed by atoms with E-state index in [2.05, 4.69) is 4.98 Å². The number of amides is 2. The molecule has 1 aromatic heterocycles. The Bertz CT molecular complexity index is 883. The predicted octanol–water partition coefficient (Wildman–Crippen LogP) is 2.03. The van der Waals surface area contributed by atoms with Crippen LogP contribution >= 0.6 is 11.6 Å². The largest absolute Gasteiger partial charge is 0.486 e. The van der Waals surface area contributed by atoms with Crippen LogP contribution in [0.4, 0.5) is 0 Å². The van der Waals surface area contributed by atoms with E-state index in [1.807, 2.05) is 18.2 Å². The third-order valence-electron chi connectivity index (χ3n) is 4.82. The number of carbonyl (C=O) groups excluding carboxylic acids is 2. The van der Waals surface area contributed by atoms with Crippen molar-refractivity contribution >= 4 is 23.4 Å². The van der Waals surface area contributed by atoms with Crippen LogP contribution in [0.25, 0.3) is 0 Å². The zero-order valence-corrected chi connectivity index (χ0v) is 16.0. The molecule has 0 aliphatic carbocycles. The van der Waals surface area contributed by atoms with E-state index in [0.29, 0.717) is 61.5 Å². The highest BCUT2D eigenvalue weighted by molar-refractivity contribution is 6.32. The van der Waals surface area contributed by atoms with Crippen LogP contribution in [-0.2, 0) is 11.2 Å². The van der Waals surface area contributed by atoms with Gasteiger partial charge in [0, 0.05) is 43.6 Å². The molecule has 1 saturated heterocycles. The molecular formula is C20H20ClN3O4. The molecule has 28 heavy (non-hydrogen) atoms. The summed E-state index contributed by atoms with van der Waals surface area (Å²) in [5, 5.41) is 0.365. The number of piperazine rings is 1. The van der Waals surface area contributed by atoms with Gasteiger partial charge in [0.25, 0.3) is 5.91 Å². The summed E-state index contributed by atoms with van der Waals surface area (Å²) < 4.78 is 11.0. The van der Waals surface area contributed by atoms with Gasteiger partial charge < -0.3 is 19.3 Å². The second-order valence-electron chi connectivity index (χ2n) is 6.65. The Kier molecular flexibility index (Phi) is 5.34. The van der Waals surface area contributed by atoms with E-state index in [1.54, 1.807) is 28.1 Å². The van der Waals surface area contributed by atoms with Gasteiger partial charge in [0.15, 0.2) is 11.5 Å². The van der Waals surface area contributed by atoms with E-state index >= 15 is 0 Å². The number of halogens is 1. The number of ether oxygens (including phenoxy) is 2. The van der Waals surface area contributed by atoms with E-state index in [0.717, 1.165) is 5.69 Å². The Balaban J connectivity index is 1.38. The van der Waals surface area contributed by atoms with Crippen molar-refractivity contribution in [1.82, 2.24) is 14.8 Å². The van der Waals surface area contributed by atoms with Gasteiger partial charge in [-0.15, -0.1) is 0 Å². The predicted molar refractivity (Wildman–Crippen MR) is 103 cm³/mol.